The summed E-state index contributed by atoms with van der Waals surface area (Å²) in [7, 11) is -3.52. The summed E-state index contributed by atoms with van der Waals surface area (Å²) < 4.78 is 27.5. The van der Waals surface area contributed by atoms with Crippen molar-refractivity contribution >= 4 is 27.3 Å². The van der Waals surface area contributed by atoms with E-state index >= 15 is 0 Å². The van der Waals surface area contributed by atoms with Gasteiger partial charge in [-0.2, -0.15) is 0 Å². The number of nitrogens with one attached hydrogen (secondary N) is 2. The second-order valence-corrected chi connectivity index (χ2v) is 7.94. The third-order valence-corrected chi connectivity index (χ3v) is 6.20. The Balaban J connectivity index is 2.06. The average molecular weight is 330 g/mol. The van der Waals surface area contributed by atoms with Crippen LogP contribution in [0.4, 0.5) is 0 Å². The van der Waals surface area contributed by atoms with E-state index in [9.17, 15) is 13.2 Å². The molecular formula is C14H22N2O3S2. The first kappa shape index (κ1) is 16.5. The molecule has 1 fully saturated rings. The summed E-state index contributed by atoms with van der Waals surface area (Å²) in [6, 6.07) is 1.47. The van der Waals surface area contributed by atoms with E-state index < -0.39 is 10.0 Å². The van der Waals surface area contributed by atoms with Crippen LogP contribution in [-0.4, -0.2) is 26.9 Å². The van der Waals surface area contributed by atoms with Gasteiger partial charge in [0, 0.05) is 18.0 Å². The van der Waals surface area contributed by atoms with Crippen molar-refractivity contribution in [1.82, 2.24) is 10.0 Å². The number of sulfonamides is 1. The van der Waals surface area contributed by atoms with Gasteiger partial charge in [0.25, 0.3) is 5.91 Å². The number of carbonyl (C=O) groups excluding carboxylic acids is 1. The van der Waals surface area contributed by atoms with Crippen LogP contribution < -0.4 is 10.0 Å². The van der Waals surface area contributed by atoms with Gasteiger partial charge in [0.05, 0.1) is 9.77 Å². The average Bonchev–Trinajstić information content (AvgIpc) is 2.81. The highest BCUT2D eigenvalue weighted by Crippen LogP contribution is 2.22. The molecule has 2 rings (SSSR count). The minimum absolute atomic E-state index is 0.0188. The Hall–Kier alpha value is -0.920. The van der Waals surface area contributed by atoms with Crippen LogP contribution in [0.5, 0.6) is 0 Å². The van der Waals surface area contributed by atoms with Gasteiger partial charge in [0.15, 0.2) is 0 Å². The van der Waals surface area contributed by atoms with Gasteiger partial charge in [0.2, 0.25) is 10.0 Å². The van der Waals surface area contributed by atoms with Crippen molar-refractivity contribution in [1.29, 1.82) is 0 Å². The zero-order valence-electron chi connectivity index (χ0n) is 12.2. The van der Waals surface area contributed by atoms with E-state index in [4.69, 9.17) is 0 Å². The summed E-state index contributed by atoms with van der Waals surface area (Å²) in [5.74, 6) is -0.224. The fourth-order valence-corrected chi connectivity index (χ4v) is 5.01. The van der Waals surface area contributed by atoms with E-state index in [1.54, 1.807) is 0 Å². The molecule has 0 saturated heterocycles. The van der Waals surface area contributed by atoms with E-state index in [1.165, 1.54) is 24.3 Å². The molecule has 0 aromatic carbocycles. The molecule has 7 heteroatoms. The normalized spacial score (nSPS) is 17.4. The minimum atomic E-state index is -3.52. The van der Waals surface area contributed by atoms with Crippen molar-refractivity contribution in [2.45, 2.75) is 56.4 Å². The molecule has 1 heterocycles. The smallest absolute Gasteiger partial charge is 0.261 e. The van der Waals surface area contributed by atoms with Crippen molar-refractivity contribution in [3.63, 3.8) is 0 Å². The lowest BCUT2D eigenvalue weighted by Crippen LogP contribution is -2.34. The highest BCUT2D eigenvalue weighted by atomic mass is 32.2. The molecule has 1 aliphatic carbocycles. The summed E-state index contributed by atoms with van der Waals surface area (Å²) in [6.45, 7) is 2.36. The fraction of sp³-hybridized carbons (Fsp3) is 0.643. The van der Waals surface area contributed by atoms with Gasteiger partial charge in [0.1, 0.15) is 0 Å². The first-order valence-electron chi connectivity index (χ1n) is 7.42. The molecule has 5 nitrogen and oxygen atoms in total. The predicted molar refractivity (Wildman–Crippen MR) is 84.1 cm³/mol. The molecule has 21 heavy (non-hydrogen) atoms. The van der Waals surface area contributed by atoms with Crippen LogP contribution >= 0.6 is 11.3 Å². The molecule has 2 N–H and O–H groups in total. The van der Waals surface area contributed by atoms with Crippen LogP contribution in [0.3, 0.4) is 0 Å². The van der Waals surface area contributed by atoms with Crippen LogP contribution in [0, 0.1) is 0 Å². The third-order valence-electron chi connectivity index (χ3n) is 3.62. The molecule has 1 aliphatic rings. The molecule has 0 aliphatic heterocycles. The standard InChI is InChI=1S/C14H22N2O3S2/c1-2-15-14(17)13-9-12(10-20-13)21(18,19)16-11-7-5-3-4-6-8-11/h9-11,16H,2-8H2,1H3,(H,15,17). The van der Waals surface area contributed by atoms with Crippen molar-refractivity contribution in [3.8, 4) is 0 Å². The van der Waals surface area contributed by atoms with E-state index in [1.807, 2.05) is 6.92 Å². The summed E-state index contributed by atoms with van der Waals surface area (Å²) in [6.07, 6.45) is 6.29. The second kappa shape index (κ2) is 7.38. The Kier molecular flexibility index (Phi) is 5.78. The van der Waals surface area contributed by atoms with Crippen LogP contribution in [-0.2, 0) is 10.0 Å². The topological polar surface area (TPSA) is 75.3 Å². The lowest BCUT2D eigenvalue weighted by Gasteiger charge is -2.15. The third kappa shape index (κ3) is 4.52. The Morgan fingerprint density at radius 2 is 1.95 bits per heavy atom. The highest BCUT2D eigenvalue weighted by molar-refractivity contribution is 7.89. The molecule has 0 unspecified atom stereocenters. The number of carbonyl (C=O) groups is 1. The van der Waals surface area contributed by atoms with E-state index in [2.05, 4.69) is 10.0 Å². The second-order valence-electron chi connectivity index (χ2n) is 5.32. The Morgan fingerprint density at radius 3 is 2.57 bits per heavy atom. The van der Waals surface area contributed by atoms with E-state index in [-0.39, 0.29) is 16.8 Å². The molecule has 0 spiro atoms. The molecule has 1 aromatic rings. The zero-order valence-corrected chi connectivity index (χ0v) is 13.9. The maximum atomic E-state index is 12.4. The zero-order chi connectivity index (χ0) is 15.3. The van der Waals surface area contributed by atoms with Crippen LogP contribution in [0.2, 0.25) is 0 Å². The Morgan fingerprint density at radius 1 is 1.29 bits per heavy atom. The van der Waals surface area contributed by atoms with Gasteiger partial charge in [-0.3, -0.25) is 4.79 Å². The summed E-state index contributed by atoms with van der Waals surface area (Å²) in [5, 5.41) is 4.20. The van der Waals surface area contributed by atoms with Gasteiger partial charge in [-0.05, 0) is 25.8 Å². The van der Waals surface area contributed by atoms with Gasteiger partial charge >= 0.3 is 0 Å². The van der Waals surface area contributed by atoms with E-state index in [0.29, 0.717) is 11.4 Å². The first-order chi connectivity index (χ1) is 10.0. The fourth-order valence-electron chi connectivity index (χ4n) is 2.51. The van der Waals surface area contributed by atoms with E-state index in [0.717, 1.165) is 37.0 Å². The predicted octanol–water partition coefficient (Wildman–Crippen LogP) is 2.50. The molecule has 1 saturated carbocycles. The van der Waals surface area contributed by atoms with Crippen molar-refractivity contribution in [2.24, 2.45) is 0 Å². The molecule has 118 valence electrons. The molecule has 1 aromatic heterocycles. The quantitative estimate of drug-likeness (QED) is 0.815. The van der Waals surface area contributed by atoms with Crippen LogP contribution in [0.25, 0.3) is 0 Å². The van der Waals surface area contributed by atoms with Gasteiger partial charge in [-0.15, -0.1) is 11.3 Å². The van der Waals surface area contributed by atoms with Crippen molar-refractivity contribution in [2.75, 3.05) is 6.54 Å². The SMILES string of the molecule is CCNC(=O)c1cc(S(=O)(=O)NC2CCCCCC2)cs1. The summed E-state index contributed by atoms with van der Waals surface area (Å²) in [5.41, 5.74) is 0. The Bertz CT molecular complexity index is 573. The first-order valence-corrected chi connectivity index (χ1v) is 9.78. The minimum Gasteiger partial charge on any atom is -0.352 e. The maximum Gasteiger partial charge on any atom is 0.261 e. The lowest BCUT2D eigenvalue weighted by atomic mass is 10.1. The lowest BCUT2D eigenvalue weighted by molar-refractivity contribution is 0.0959. The highest BCUT2D eigenvalue weighted by Gasteiger charge is 2.23. The summed E-state index contributed by atoms with van der Waals surface area (Å²) >= 11 is 1.16. The molecule has 0 atom stereocenters. The van der Waals surface area contributed by atoms with Gasteiger partial charge < -0.3 is 5.32 Å². The van der Waals surface area contributed by atoms with Gasteiger partial charge in [-0.1, -0.05) is 25.7 Å². The molecule has 1 amide bonds. The number of rotatable bonds is 5. The molecule has 0 radical (unpaired) electrons. The van der Waals surface area contributed by atoms with Crippen molar-refractivity contribution < 1.29 is 13.2 Å². The Labute approximate surface area is 130 Å². The molecule has 0 bridgehead atoms. The summed E-state index contributed by atoms with van der Waals surface area (Å²) in [4.78, 5) is 12.3. The number of hydrogen-bond acceptors (Lipinski definition) is 4. The van der Waals surface area contributed by atoms with Crippen LogP contribution in [0.15, 0.2) is 16.3 Å². The number of thiophene rings is 1. The maximum absolute atomic E-state index is 12.4. The largest absolute Gasteiger partial charge is 0.352 e. The number of hydrogen-bond donors (Lipinski definition) is 2. The molecular weight excluding hydrogens is 308 g/mol. The monoisotopic (exact) mass is 330 g/mol. The van der Waals surface area contributed by atoms with Crippen LogP contribution in [0.1, 0.15) is 55.1 Å². The van der Waals surface area contributed by atoms with Gasteiger partial charge in [-0.25, -0.2) is 13.1 Å². The number of amides is 1. The van der Waals surface area contributed by atoms with Crippen molar-refractivity contribution in [3.05, 3.63) is 16.3 Å².